The third kappa shape index (κ3) is 21.4. The number of ether oxygens (including phenoxy) is 6. The predicted octanol–water partition coefficient (Wildman–Crippen LogP) is -0.587. The van der Waals surface area contributed by atoms with Gasteiger partial charge in [-0.2, -0.15) is 0 Å². The Morgan fingerprint density at radius 3 is 2.07 bits per heavy atom. The Bertz CT molecular complexity index is 5470. The zero-order valence-electron chi connectivity index (χ0n) is 73.7. The van der Waals surface area contributed by atoms with Gasteiger partial charge in [-0.3, -0.25) is 58.3 Å². The van der Waals surface area contributed by atoms with Crippen LogP contribution < -0.4 is 58.5 Å². The van der Waals surface area contributed by atoms with Crippen LogP contribution in [0.4, 0.5) is 0 Å². The lowest BCUT2D eigenvalue weighted by Gasteiger charge is -2.53. The maximum absolute atomic E-state index is 15.9. The van der Waals surface area contributed by atoms with Crippen LogP contribution in [0.5, 0.6) is 0 Å². The van der Waals surface area contributed by atoms with Crippen molar-refractivity contribution in [3.63, 3.8) is 0 Å². The molecule has 0 spiro atoms. The van der Waals surface area contributed by atoms with Crippen LogP contribution in [0.1, 0.15) is 194 Å². The van der Waals surface area contributed by atoms with Crippen LogP contribution in [0, 0.1) is 0 Å². The van der Waals surface area contributed by atoms with Crippen molar-refractivity contribution in [3.8, 4) is 0 Å². The SMILES string of the molecule is C=C1NC(=O)C(=C)NC(=O)[C@H]([C@@H](C)O[C@@H]2C[C@@H](O[C@H]3C[C@@H](O)[C@H](O)[C@@H](C)O3)[C@@H](O)[C@H](C)O2)N[C@@H]2C=Cc3c([C@H](C)O)cc(nc3[C@@H]2O)C(=O)O[C@@H](C)[C@@H]2NC(=O)c3csc(n3)[C@@H]([C@](C)(O)CC)NC(=O)[C@@H]3CSC(=N3)/C(=C/C)NC(=O)[C@H]([C@@H](C)O)NC(=O)c3csc(n3)[C@]3(CC[C@@H]4C(SC)=N[C@](CO)(C(=O)NC(=C)C(=O)NC(=C)C(=O)OC)N4[C@@H]3c3csc2n3)NC(=O)C(=C)NC1=O. The Hall–Kier alpha value is -10.7. The van der Waals surface area contributed by atoms with E-state index in [1.54, 1.807) is 20.1 Å². The van der Waals surface area contributed by atoms with Crippen LogP contribution in [0.25, 0.3) is 6.08 Å². The molecule has 0 aromatic carbocycles. The summed E-state index contributed by atoms with van der Waals surface area (Å²) in [5.74, 6) is -13.9. The van der Waals surface area contributed by atoms with Gasteiger partial charge in [0.25, 0.3) is 41.4 Å². The predicted molar refractivity (Wildman–Crippen MR) is 479 cm³/mol. The van der Waals surface area contributed by atoms with E-state index in [9.17, 15) is 69.6 Å². The quantitative estimate of drug-likeness (QED) is 0.0522. The van der Waals surface area contributed by atoms with Crippen LogP contribution in [-0.2, 0) is 77.1 Å². The Balaban J connectivity index is 1.03. The molecule has 12 rings (SSSR count). The molecule has 24 atom stereocenters. The second-order valence-corrected chi connectivity index (χ2v) is 37.3. The maximum atomic E-state index is 15.9. The second kappa shape index (κ2) is 41.7. The number of nitrogens with zero attached hydrogens (tertiary/aromatic N) is 7. The molecule has 0 unspecified atom stereocenters. The summed E-state index contributed by atoms with van der Waals surface area (Å²) < 4.78 is 35.5. The molecule has 11 heterocycles. The van der Waals surface area contributed by atoms with E-state index in [-0.39, 0.29) is 90.5 Å². The first-order chi connectivity index (χ1) is 62.8. The number of piperidine rings is 1. The number of carbonyl (C=O) groups is 12. The van der Waals surface area contributed by atoms with Crippen LogP contribution >= 0.6 is 57.5 Å². The minimum Gasteiger partial charge on any atom is -0.464 e. The van der Waals surface area contributed by atoms with Crippen molar-refractivity contribution in [3.05, 3.63) is 156 Å². The molecule has 3 fully saturated rings. The number of aliphatic hydroxyl groups is 8. The van der Waals surface area contributed by atoms with Gasteiger partial charge in [0, 0.05) is 40.3 Å². The number of aliphatic hydroxyl groups excluding tert-OH is 7. The molecule has 4 aromatic heterocycles. The number of esters is 2. The summed E-state index contributed by atoms with van der Waals surface area (Å²) in [5.41, 5.74) is -12.6. The highest BCUT2D eigenvalue weighted by molar-refractivity contribution is 8.14. The molecule has 44 nitrogen and oxygen atoms in total. The van der Waals surface area contributed by atoms with Gasteiger partial charge in [-0.1, -0.05) is 58.0 Å². The number of cyclic esters (lactones) is 1. The highest BCUT2D eigenvalue weighted by atomic mass is 32.2. The number of thiazole rings is 3. The number of aliphatic imine (C=N–C) groups is 2. The van der Waals surface area contributed by atoms with E-state index in [1.807, 2.05) is 0 Å². The molecule has 49 heteroatoms. The van der Waals surface area contributed by atoms with Gasteiger partial charge >= 0.3 is 11.9 Å². The number of allylic oxidation sites excluding steroid dienone is 1. The molecule has 13 bridgehead atoms. The number of hydrogen-bond acceptors (Lipinski definition) is 39. The minimum atomic E-state index is -2.73. The van der Waals surface area contributed by atoms with E-state index >= 15 is 28.8 Å². The molecular weight excluding hydrogens is 1840 g/mol. The average molecular weight is 1940 g/mol. The van der Waals surface area contributed by atoms with E-state index in [0.717, 1.165) is 53.3 Å². The molecule has 4 aromatic rings. The molecule has 716 valence electrons. The van der Waals surface area contributed by atoms with Crippen molar-refractivity contribution in [2.75, 3.05) is 25.7 Å². The van der Waals surface area contributed by atoms with Gasteiger partial charge in [-0.25, -0.2) is 39.4 Å². The van der Waals surface area contributed by atoms with Gasteiger partial charge < -0.3 is 122 Å². The molecule has 8 aliphatic rings. The highest BCUT2D eigenvalue weighted by Gasteiger charge is 2.65. The van der Waals surface area contributed by atoms with Crippen molar-refractivity contribution < 1.29 is 127 Å². The molecule has 3 saturated heterocycles. The van der Waals surface area contributed by atoms with Gasteiger partial charge in [-0.05, 0) is 92.5 Å². The maximum Gasteiger partial charge on any atom is 0.357 e. The van der Waals surface area contributed by atoms with Crippen molar-refractivity contribution in [1.82, 2.24) is 83.3 Å². The Kier molecular flexibility index (Phi) is 31.7. The first kappa shape index (κ1) is 101. The van der Waals surface area contributed by atoms with Gasteiger partial charge in [-0.15, -0.1) is 57.5 Å². The fourth-order valence-corrected chi connectivity index (χ4v) is 20.8. The number of fused-ring (bicyclic) bond motifs is 8. The van der Waals surface area contributed by atoms with Crippen molar-refractivity contribution in [1.29, 1.82) is 0 Å². The standard InChI is InChI=1S/C84H104N18O26S5/c1-17-44-74-94-49(27-130-74)71(116)99-63(82(14,122)18-2)77-95-48(28-132-77)69(114)98-58-39(11)127-79(120)46-23-43(36(8)104)42-19-20-45(62(109)59(42)91-46)90-57(38(10)124-55-25-53(61(108)41(13)126-55)128-54-24-52(106)60(107)40(12)125-54)73(118)87-32(4)66(111)85-31(3)65(110)86-34(6)68(113)100-83(81-96-50(29-133-81)70(115)97-56(37(9)105)72(117)92-44)22-21-51-75(129-16)101-84(30-103,102(51)64(83)47-26-131-76(58)93-47)80(121)89-33(5)67(112)88-35(7)78(119)123-15/h17,19-20,23,26,28-29,36-41,45,49,51-58,60-64,90,103-109,122H,3-7,18,21-22,24-25,27,30H2,1-2,8-16H3,(H,85,111)(H,86,110)(H,87,118)(H,88,112)(H,89,121)(H,92,117)(H,97,115)(H,98,114)(H,99,116)(H,100,113)/b44-17-/t36-,37+,38+,39-,40+,41-,45+,49-,51+,52+,53+,54-,55-,56-,57-,58-,60+,61-,62+,63-,64+,82+,83+,84-/m0/s1. The van der Waals surface area contributed by atoms with Gasteiger partial charge in [0.2, 0.25) is 23.4 Å². The van der Waals surface area contributed by atoms with Crippen LogP contribution in [0.2, 0.25) is 0 Å². The summed E-state index contributed by atoms with van der Waals surface area (Å²) in [5, 5.41) is 125. The van der Waals surface area contributed by atoms with E-state index in [0.29, 0.717) is 11.3 Å². The highest BCUT2D eigenvalue weighted by Crippen LogP contribution is 2.56. The molecule has 10 amide bonds. The zero-order valence-corrected chi connectivity index (χ0v) is 77.8. The molecule has 7 aliphatic heterocycles. The Morgan fingerprint density at radius 2 is 1.41 bits per heavy atom. The summed E-state index contributed by atoms with van der Waals surface area (Å²) in [4.78, 5) is 208. The topological polar surface area (TPSA) is 634 Å². The average Bonchev–Trinajstić information content (AvgIpc) is 1.57. The molecule has 0 radical (unpaired) electrons. The number of nitrogens with one attached hydrogen (secondary N) is 11. The van der Waals surface area contributed by atoms with E-state index in [2.05, 4.69) is 106 Å². The normalized spacial score (nSPS) is 31.5. The molecule has 0 saturated carbocycles. The number of hydrogen-bond donors (Lipinski definition) is 19. The molecule has 133 heavy (non-hydrogen) atoms. The van der Waals surface area contributed by atoms with Crippen LogP contribution in [0.3, 0.4) is 0 Å². The smallest absolute Gasteiger partial charge is 0.357 e. The van der Waals surface area contributed by atoms with Gasteiger partial charge in [0.15, 0.2) is 12.6 Å². The molecule has 1 aliphatic carbocycles. The number of pyridine rings is 1. The minimum absolute atomic E-state index is 0.00266. The first-order valence-corrected chi connectivity index (χ1v) is 46.7. The summed E-state index contributed by atoms with van der Waals surface area (Å²) in [6.07, 6.45) is -12.6. The monoisotopic (exact) mass is 1940 g/mol. The summed E-state index contributed by atoms with van der Waals surface area (Å²) in [6, 6.07) is -11.1. The van der Waals surface area contributed by atoms with Gasteiger partial charge in [0.05, 0.1) is 125 Å². The number of aromatic nitrogens is 4. The van der Waals surface area contributed by atoms with Gasteiger partial charge in [0.1, 0.15) is 103 Å². The second-order valence-electron chi connectivity index (χ2n) is 32.8. The summed E-state index contributed by atoms with van der Waals surface area (Å²) in [6.45, 7) is 30.1. The number of amides is 10. The number of thioether (sulfide) groups is 2. The van der Waals surface area contributed by atoms with Crippen molar-refractivity contribution in [2.45, 2.75) is 239 Å². The lowest BCUT2D eigenvalue weighted by atomic mass is 9.76. The van der Waals surface area contributed by atoms with E-state index in [1.165, 1.54) is 93.8 Å². The Labute approximate surface area is 781 Å². The summed E-state index contributed by atoms with van der Waals surface area (Å²) >= 11 is 4.33. The van der Waals surface area contributed by atoms with E-state index < -0.39 is 269 Å². The number of carbonyl (C=O) groups excluding carboxylic acids is 12. The third-order valence-corrected chi connectivity index (χ3v) is 28.3. The van der Waals surface area contributed by atoms with Crippen molar-refractivity contribution in [2.24, 2.45) is 9.98 Å². The Morgan fingerprint density at radius 1 is 0.767 bits per heavy atom. The fourth-order valence-electron chi connectivity index (χ4n) is 16.0. The summed E-state index contributed by atoms with van der Waals surface area (Å²) in [7, 11) is 1.00. The number of rotatable bonds is 15. The number of methoxy groups -OCH3 is 1. The lowest BCUT2D eigenvalue weighted by Crippen LogP contribution is -2.69. The molecule has 19 N–H and O–H groups in total. The van der Waals surface area contributed by atoms with Crippen molar-refractivity contribution >= 4 is 145 Å². The van der Waals surface area contributed by atoms with E-state index in [4.69, 9.17) is 43.4 Å². The largest absolute Gasteiger partial charge is 0.464 e. The zero-order chi connectivity index (χ0) is 97.2. The third-order valence-electron chi connectivity index (χ3n) is 23.6. The fraction of sp³-hybridized carbons (Fsp3) is 0.500. The first-order valence-electron chi connectivity index (χ1n) is 41.9. The van der Waals surface area contributed by atoms with Crippen LogP contribution in [0.15, 0.2) is 111 Å². The van der Waals surface area contributed by atoms with Crippen LogP contribution in [-0.4, -0.2) is 282 Å². The lowest BCUT2D eigenvalue weighted by molar-refractivity contribution is -0.310. The molecular formula is C84H104N18O26S5.